The van der Waals surface area contributed by atoms with Crippen LogP contribution < -0.4 is 5.73 Å². The lowest BCUT2D eigenvalue weighted by Gasteiger charge is -2.57. The summed E-state index contributed by atoms with van der Waals surface area (Å²) in [6, 6.07) is 0. The van der Waals surface area contributed by atoms with E-state index in [1.165, 1.54) is 32.1 Å². The molecule has 3 aliphatic carbocycles. The van der Waals surface area contributed by atoms with Gasteiger partial charge in [0.25, 0.3) is 0 Å². The molecule has 0 aromatic carbocycles. The van der Waals surface area contributed by atoms with Crippen molar-refractivity contribution in [3.8, 4) is 0 Å². The predicted octanol–water partition coefficient (Wildman–Crippen LogP) is 3.57. The third kappa shape index (κ3) is 2.75. The lowest BCUT2D eigenvalue weighted by Crippen LogP contribution is -2.53. The van der Waals surface area contributed by atoms with Gasteiger partial charge in [0, 0.05) is 6.61 Å². The smallest absolute Gasteiger partial charge is 0.0544 e. The maximum Gasteiger partial charge on any atom is 0.0544 e. The van der Waals surface area contributed by atoms with E-state index in [0.717, 1.165) is 37.6 Å². The van der Waals surface area contributed by atoms with E-state index in [0.29, 0.717) is 17.3 Å². The Morgan fingerprint density at radius 3 is 2.21 bits per heavy atom. The summed E-state index contributed by atoms with van der Waals surface area (Å²) in [5.74, 6) is 3.06. The van der Waals surface area contributed by atoms with Crippen molar-refractivity contribution in [1.29, 1.82) is 0 Å². The molecular formula is C21H39NO2. The molecule has 0 radical (unpaired) electrons. The number of rotatable bonds is 4. The Morgan fingerprint density at radius 2 is 1.58 bits per heavy atom. The molecule has 0 aromatic heterocycles. The van der Waals surface area contributed by atoms with Gasteiger partial charge >= 0.3 is 0 Å². The van der Waals surface area contributed by atoms with Crippen molar-refractivity contribution in [3.05, 3.63) is 0 Å². The number of nitrogens with two attached hydrogens (primary N) is 1. The van der Waals surface area contributed by atoms with Crippen molar-refractivity contribution in [2.24, 2.45) is 46.2 Å². The normalized spacial score (nSPS) is 52.2. The SMILES string of the molecule is CC[C@H]1CC[C@H]2[C@@H](CN)[C@@H]([C@@]3(C)CC[C@H](O)C[C@@H]3CO)CC[C@]12C. The lowest BCUT2D eigenvalue weighted by atomic mass is 9.48. The van der Waals surface area contributed by atoms with Crippen LogP contribution in [0.25, 0.3) is 0 Å². The van der Waals surface area contributed by atoms with Gasteiger partial charge in [-0.2, -0.15) is 0 Å². The molecule has 0 amide bonds. The quantitative estimate of drug-likeness (QED) is 0.734. The van der Waals surface area contributed by atoms with Gasteiger partial charge in [-0.05, 0) is 91.9 Å². The van der Waals surface area contributed by atoms with Gasteiger partial charge in [-0.3, -0.25) is 0 Å². The predicted molar refractivity (Wildman–Crippen MR) is 98.4 cm³/mol. The van der Waals surface area contributed by atoms with Crippen LogP contribution in [0.5, 0.6) is 0 Å². The molecule has 0 aliphatic heterocycles. The standard InChI is InChI=1S/C21H39NO2/c1-4-14-5-6-18-17(12-22)19(8-10-20(14,18)2)21(3)9-7-16(24)11-15(21)13-23/h14-19,23-24H,4-13,22H2,1-3H3/t14-,15+,16-,17+,18-,19-,20+,21-/m0/s1. The third-order valence-electron chi connectivity index (χ3n) is 8.97. The molecule has 3 rings (SSSR count). The molecule has 3 heteroatoms. The van der Waals surface area contributed by atoms with Crippen LogP contribution >= 0.6 is 0 Å². The first-order chi connectivity index (χ1) is 11.4. The minimum absolute atomic E-state index is 0.143. The second kappa shape index (κ2) is 6.89. The minimum atomic E-state index is -0.226. The molecule has 8 atom stereocenters. The fourth-order valence-corrected chi connectivity index (χ4v) is 7.38. The van der Waals surface area contributed by atoms with E-state index in [1.54, 1.807) is 0 Å². The number of aliphatic hydroxyl groups is 2. The van der Waals surface area contributed by atoms with Crippen LogP contribution in [0.4, 0.5) is 0 Å². The van der Waals surface area contributed by atoms with Gasteiger partial charge in [0.15, 0.2) is 0 Å². The highest BCUT2D eigenvalue weighted by atomic mass is 16.3. The number of fused-ring (bicyclic) bond motifs is 1. The monoisotopic (exact) mass is 337 g/mol. The van der Waals surface area contributed by atoms with Gasteiger partial charge in [-0.1, -0.05) is 27.2 Å². The Morgan fingerprint density at radius 1 is 0.958 bits per heavy atom. The van der Waals surface area contributed by atoms with Crippen LogP contribution in [0.15, 0.2) is 0 Å². The van der Waals surface area contributed by atoms with E-state index < -0.39 is 0 Å². The Balaban J connectivity index is 1.87. The first-order valence-electron chi connectivity index (χ1n) is 10.4. The molecule has 0 bridgehead atoms. The average Bonchev–Trinajstić information content (AvgIpc) is 2.92. The highest BCUT2D eigenvalue weighted by molar-refractivity contribution is 5.07. The summed E-state index contributed by atoms with van der Waals surface area (Å²) in [6.45, 7) is 8.28. The zero-order valence-corrected chi connectivity index (χ0v) is 16.0. The topological polar surface area (TPSA) is 66.5 Å². The van der Waals surface area contributed by atoms with Crippen LogP contribution in [0, 0.1) is 40.4 Å². The average molecular weight is 338 g/mol. The van der Waals surface area contributed by atoms with Crippen LogP contribution in [-0.4, -0.2) is 29.5 Å². The summed E-state index contributed by atoms with van der Waals surface area (Å²) in [6.07, 6.45) is 9.08. The maximum atomic E-state index is 10.1. The van der Waals surface area contributed by atoms with E-state index in [1.807, 2.05) is 0 Å². The molecular weight excluding hydrogens is 298 g/mol. The zero-order valence-electron chi connectivity index (χ0n) is 16.0. The summed E-state index contributed by atoms with van der Waals surface area (Å²) in [7, 11) is 0. The molecule has 3 fully saturated rings. The van der Waals surface area contributed by atoms with Crippen LogP contribution in [0.1, 0.15) is 72.1 Å². The Hall–Kier alpha value is -0.120. The van der Waals surface area contributed by atoms with Crippen molar-refractivity contribution < 1.29 is 10.2 Å². The van der Waals surface area contributed by atoms with E-state index in [4.69, 9.17) is 5.73 Å². The van der Waals surface area contributed by atoms with E-state index in [2.05, 4.69) is 20.8 Å². The molecule has 0 spiro atoms. The van der Waals surface area contributed by atoms with E-state index >= 15 is 0 Å². The van der Waals surface area contributed by atoms with Crippen molar-refractivity contribution in [1.82, 2.24) is 0 Å². The van der Waals surface area contributed by atoms with Crippen LogP contribution in [0.3, 0.4) is 0 Å². The largest absolute Gasteiger partial charge is 0.396 e. The summed E-state index contributed by atoms with van der Waals surface area (Å²) < 4.78 is 0. The molecule has 0 unspecified atom stereocenters. The lowest BCUT2D eigenvalue weighted by molar-refractivity contribution is -0.102. The Kier molecular flexibility index (Phi) is 5.36. The fourth-order valence-electron chi connectivity index (χ4n) is 7.38. The molecule has 4 N–H and O–H groups in total. The van der Waals surface area contributed by atoms with Gasteiger partial charge in [-0.25, -0.2) is 0 Å². The molecule has 0 saturated heterocycles. The van der Waals surface area contributed by atoms with Gasteiger partial charge < -0.3 is 15.9 Å². The highest BCUT2D eigenvalue weighted by Gasteiger charge is 2.57. The molecule has 0 aromatic rings. The Bertz CT molecular complexity index is 442. The minimum Gasteiger partial charge on any atom is -0.396 e. The summed E-state index contributed by atoms with van der Waals surface area (Å²) >= 11 is 0. The van der Waals surface area contributed by atoms with Crippen molar-refractivity contribution in [2.45, 2.75) is 78.2 Å². The summed E-state index contributed by atoms with van der Waals surface area (Å²) in [5.41, 5.74) is 6.99. The number of aliphatic hydroxyl groups excluding tert-OH is 2. The molecule has 24 heavy (non-hydrogen) atoms. The van der Waals surface area contributed by atoms with Crippen LogP contribution in [-0.2, 0) is 0 Å². The number of hydrogen-bond donors (Lipinski definition) is 3. The first kappa shape index (κ1) is 18.7. The third-order valence-corrected chi connectivity index (χ3v) is 8.97. The second-order valence-electron chi connectivity index (χ2n) is 9.65. The van der Waals surface area contributed by atoms with E-state index in [9.17, 15) is 10.2 Å². The summed E-state index contributed by atoms with van der Waals surface area (Å²) in [5, 5.41) is 20.1. The number of hydrogen-bond acceptors (Lipinski definition) is 3. The van der Waals surface area contributed by atoms with Crippen molar-refractivity contribution >= 4 is 0 Å². The molecule has 3 saturated carbocycles. The fraction of sp³-hybridized carbons (Fsp3) is 1.00. The first-order valence-corrected chi connectivity index (χ1v) is 10.4. The zero-order chi connectivity index (χ0) is 17.5. The molecule has 3 aliphatic rings. The van der Waals surface area contributed by atoms with E-state index in [-0.39, 0.29) is 24.0 Å². The van der Waals surface area contributed by atoms with Crippen molar-refractivity contribution in [3.63, 3.8) is 0 Å². The van der Waals surface area contributed by atoms with Gasteiger partial charge in [0.2, 0.25) is 0 Å². The molecule has 3 nitrogen and oxygen atoms in total. The van der Waals surface area contributed by atoms with Crippen molar-refractivity contribution in [2.75, 3.05) is 13.2 Å². The Labute approximate surface area is 148 Å². The second-order valence-corrected chi connectivity index (χ2v) is 9.65. The van der Waals surface area contributed by atoms with Gasteiger partial charge in [0.05, 0.1) is 6.10 Å². The van der Waals surface area contributed by atoms with Gasteiger partial charge in [-0.15, -0.1) is 0 Å². The highest BCUT2D eigenvalue weighted by Crippen LogP contribution is 2.64. The molecule has 0 heterocycles. The molecule has 140 valence electrons. The van der Waals surface area contributed by atoms with Crippen LogP contribution in [0.2, 0.25) is 0 Å². The van der Waals surface area contributed by atoms with Gasteiger partial charge in [0.1, 0.15) is 0 Å². The summed E-state index contributed by atoms with van der Waals surface area (Å²) in [4.78, 5) is 0. The maximum absolute atomic E-state index is 10.1.